The summed E-state index contributed by atoms with van der Waals surface area (Å²) in [6.45, 7) is 1.46. The Balaban J connectivity index is 1.40. The second-order valence-corrected chi connectivity index (χ2v) is 10.5. The van der Waals surface area contributed by atoms with Gasteiger partial charge < -0.3 is 21.5 Å². The number of hydrogen-bond donors (Lipinski definition) is 4. The smallest absolute Gasteiger partial charge is 0.289 e. The number of nitrogens with two attached hydrogens (primary N) is 2. The van der Waals surface area contributed by atoms with Crippen LogP contribution < -0.4 is 11.5 Å². The number of piperidine rings is 1. The number of nitrogens with one attached hydrogen (secondary N) is 1. The van der Waals surface area contributed by atoms with Gasteiger partial charge in [-0.3, -0.25) is 20.0 Å². The number of benzene rings is 1. The highest BCUT2D eigenvalue weighted by atomic mass is 16.3. The molecular weight excluding hydrogens is 522 g/mol. The summed E-state index contributed by atoms with van der Waals surface area (Å²) in [5.41, 5.74) is 16.2. The molecule has 1 aromatic carbocycles. The first kappa shape index (κ1) is 26.1. The van der Waals surface area contributed by atoms with Crippen molar-refractivity contribution >= 4 is 35.3 Å². The summed E-state index contributed by atoms with van der Waals surface area (Å²) >= 11 is 0. The van der Waals surface area contributed by atoms with Gasteiger partial charge >= 0.3 is 0 Å². The maximum Gasteiger partial charge on any atom is 0.289 e. The normalized spacial score (nSPS) is 20.4. The molecule has 2 bridgehead atoms. The molecule has 208 valence electrons. The van der Waals surface area contributed by atoms with Crippen LogP contribution in [0.2, 0.25) is 0 Å². The van der Waals surface area contributed by atoms with Gasteiger partial charge in [0, 0.05) is 40.9 Å². The number of aromatic hydroxyl groups is 1. The Morgan fingerprint density at radius 2 is 1.83 bits per heavy atom. The fourth-order valence-electron chi connectivity index (χ4n) is 6.30. The van der Waals surface area contributed by atoms with Gasteiger partial charge in [-0.2, -0.15) is 9.61 Å². The van der Waals surface area contributed by atoms with E-state index < -0.39 is 0 Å². The van der Waals surface area contributed by atoms with E-state index in [1.165, 1.54) is 11.4 Å². The number of fused-ring (bicyclic) bond motifs is 3. The number of rotatable bonds is 5. The van der Waals surface area contributed by atoms with Crippen LogP contribution in [0.5, 0.6) is 5.75 Å². The van der Waals surface area contributed by atoms with Crippen molar-refractivity contribution in [3.63, 3.8) is 0 Å². The molecule has 3 atom stereocenters. The monoisotopic (exact) mass is 551 g/mol. The Morgan fingerprint density at radius 1 is 1.12 bits per heavy atom. The van der Waals surface area contributed by atoms with Crippen LogP contribution >= 0.6 is 0 Å². The highest BCUT2D eigenvalue weighted by Crippen LogP contribution is 2.44. The molecule has 2 unspecified atom stereocenters. The van der Waals surface area contributed by atoms with Crippen molar-refractivity contribution in [2.45, 2.75) is 50.6 Å². The van der Waals surface area contributed by atoms with Gasteiger partial charge in [0.05, 0.1) is 17.5 Å². The van der Waals surface area contributed by atoms with Gasteiger partial charge in [-0.1, -0.05) is 30.3 Å². The third-order valence-electron chi connectivity index (χ3n) is 8.07. The van der Waals surface area contributed by atoms with Crippen molar-refractivity contribution in [2.24, 2.45) is 10.7 Å². The van der Waals surface area contributed by atoms with E-state index in [4.69, 9.17) is 21.9 Å². The minimum Gasteiger partial charge on any atom is -0.506 e. The number of hydrogen-bond acceptors (Lipinski definition) is 8. The molecular formula is C29H29N9O3. The first-order chi connectivity index (χ1) is 19.8. The lowest BCUT2D eigenvalue weighted by Gasteiger charge is -2.39. The summed E-state index contributed by atoms with van der Waals surface area (Å²) in [6, 6.07) is 10.8. The number of anilines is 1. The highest BCUT2D eigenvalue weighted by Gasteiger charge is 2.45. The zero-order valence-electron chi connectivity index (χ0n) is 22.4. The van der Waals surface area contributed by atoms with Crippen molar-refractivity contribution < 1.29 is 14.7 Å². The Hall–Kier alpha value is -5.13. The summed E-state index contributed by atoms with van der Waals surface area (Å²) < 4.78 is 1.44. The Bertz CT molecular complexity index is 1720. The predicted octanol–water partition coefficient (Wildman–Crippen LogP) is 3.15. The molecule has 41 heavy (non-hydrogen) atoms. The minimum absolute atomic E-state index is 0.0149. The van der Waals surface area contributed by atoms with Gasteiger partial charge in [0.2, 0.25) is 0 Å². The molecule has 2 aliphatic heterocycles. The van der Waals surface area contributed by atoms with Crippen molar-refractivity contribution in [2.75, 3.05) is 5.73 Å². The van der Waals surface area contributed by atoms with E-state index in [2.05, 4.69) is 15.1 Å². The number of amidine groups is 1. The van der Waals surface area contributed by atoms with Crippen LogP contribution in [-0.2, 0) is 4.79 Å². The molecule has 4 aromatic rings. The topological polar surface area (TPSA) is 189 Å². The Kier molecular flexibility index (Phi) is 6.45. The van der Waals surface area contributed by atoms with Gasteiger partial charge in [-0.15, -0.1) is 0 Å². The number of carbonyl (C=O) groups is 2. The zero-order chi connectivity index (χ0) is 28.8. The quantitative estimate of drug-likeness (QED) is 0.165. The number of carbonyl (C=O) groups excluding carboxylic acids is 2. The van der Waals surface area contributed by atoms with Crippen LogP contribution in [-0.4, -0.2) is 65.5 Å². The number of Topliss-reactive ketones (excluding diaryl/α,β-unsaturated/α-hetero) is 1. The first-order valence-corrected chi connectivity index (χ1v) is 13.4. The fourth-order valence-corrected chi connectivity index (χ4v) is 6.30. The second kappa shape index (κ2) is 10.1. The number of ketones is 1. The predicted molar refractivity (Wildman–Crippen MR) is 154 cm³/mol. The van der Waals surface area contributed by atoms with Gasteiger partial charge in [-0.05, 0) is 38.7 Å². The molecule has 2 fully saturated rings. The third kappa shape index (κ3) is 4.37. The lowest BCUT2D eigenvalue weighted by atomic mass is 9.85. The molecule has 6 N–H and O–H groups in total. The van der Waals surface area contributed by atoms with Crippen molar-refractivity contribution in [1.82, 2.24) is 24.5 Å². The molecule has 0 radical (unpaired) electrons. The van der Waals surface area contributed by atoms with E-state index in [1.807, 2.05) is 30.3 Å². The summed E-state index contributed by atoms with van der Waals surface area (Å²) in [5, 5.41) is 22.4. The number of aromatic nitrogens is 4. The SMILES string of the molecule is CC(=O)c1c(C2CC3CC[C@@H](C2)N3C(=O)C(N)=NC=N)nc2c(-c3cnc(-c4ccccc4)c(O)c3)cnn2c1N. The maximum absolute atomic E-state index is 12.9. The summed E-state index contributed by atoms with van der Waals surface area (Å²) in [6.07, 6.45) is 6.78. The molecule has 12 nitrogen and oxygen atoms in total. The van der Waals surface area contributed by atoms with E-state index >= 15 is 0 Å². The van der Waals surface area contributed by atoms with E-state index in [0.29, 0.717) is 46.6 Å². The number of aliphatic imine (C=N–C) groups is 1. The van der Waals surface area contributed by atoms with Gasteiger partial charge in [0.15, 0.2) is 17.3 Å². The van der Waals surface area contributed by atoms with Gasteiger partial charge in [0.25, 0.3) is 5.91 Å². The molecule has 0 saturated carbocycles. The molecule has 3 aromatic heterocycles. The average molecular weight is 552 g/mol. The average Bonchev–Trinajstić information content (AvgIpc) is 3.50. The standard InChI is InChI=1S/C29H29N9O3/c1-15(39)23-25(17-9-19-7-8-20(10-17)37(19)29(41)26(31)34-14-30)36-28-21(13-35-38(28)27(23)32)18-11-22(40)24(33-12-18)16-5-3-2-4-6-16/h2-6,11-14,17,19-20,40H,7-10,32H2,1H3,(H3,30,31,34)/t17?,19-,20?/m0/s1. The molecule has 2 saturated heterocycles. The van der Waals surface area contributed by atoms with Crippen LogP contribution in [0.15, 0.2) is 53.8 Å². The van der Waals surface area contributed by atoms with Crippen LogP contribution in [0.1, 0.15) is 54.6 Å². The van der Waals surface area contributed by atoms with Crippen molar-refractivity contribution in [3.05, 3.63) is 60.0 Å². The van der Waals surface area contributed by atoms with Crippen molar-refractivity contribution in [1.29, 1.82) is 5.41 Å². The minimum atomic E-state index is -0.376. The van der Waals surface area contributed by atoms with Crippen LogP contribution in [0.25, 0.3) is 28.0 Å². The Morgan fingerprint density at radius 3 is 2.46 bits per heavy atom. The molecule has 5 heterocycles. The maximum atomic E-state index is 12.9. The van der Waals surface area contributed by atoms with E-state index in [9.17, 15) is 14.7 Å². The molecule has 12 heteroatoms. The number of pyridine rings is 1. The Labute approximate surface area is 235 Å². The summed E-state index contributed by atoms with van der Waals surface area (Å²) in [5.74, 6) is -0.723. The van der Waals surface area contributed by atoms with Crippen LogP contribution in [0.3, 0.4) is 0 Å². The van der Waals surface area contributed by atoms with Crippen LogP contribution in [0.4, 0.5) is 5.82 Å². The fraction of sp³-hybridized carbons (Fsp3) is 0.276. The first-order valence-electron chi connectivity index (χ1n) is 13.4. The molecule has 0 spiro atoms. The number of amides is 1. The zero-order valence-corrected chi connectivity index (χ0v) is 22.4. The lowest BCUT2D eigenvalue weighted by Crippen LogP contribution is -2.50. The van der Waals surface area contributed by atoms with E-state index in [-0.39, 0.29) is 47.1 Å². The molecule has 6 rings (SSSR count). The summed E-state index contributed by atoms with van der Waals surface area (Å²) in [4.78, 5) is 40.7. The summed E-state index contributed by atoms with van der Waals surface area (Å²) in [7, 11) is 0. The number of nitrogen functional groups attached to an aromatic ring is 1. The van der Waals surface area contributed by atoms with E-state index in [0.717, 1.165) is 24.7 Å². The number of nitrogens with zero attached hydrogens (tertiary/aromatic N) is 6. The second-order valence-electron chi connectivity index (χ2n) is 10.5. The highest BCUT2D eigenvalue weighted by molar-refractivity contribution is 6.38. The molecule has 0 aliphatic carbocycles. The molecule has 1 amide bonds. The lowest BCUT2D eigenvalue weighted by molar-refractivity contribution is -0.128. The van der Waals surface area contributed by atoms with Crippen LogP contribution in [0, 0.1) is 5.41 Å². The molecule has 2 aliphatic rings. The third-order valence-corrected chi connectivity index (χ3v) is 8.07. The van der Waals surface area contributed by atoms with Gasteiger partial charge in [0.1, 0.15) is 23.6 Å². The van der Waals surface area contributed by atoms with E-state index in [1.54, 1.807) is 23.4 Å². The van der Waals surface area contributed by atoms with Crippen molar-refractivity contribution in [3.8, 4) is 28.1 Å². The van der Waals surface area contributed by atoms with Gasteiger partial charge in [-0.25, -0.2) is 9.98 Å². The largest absolute Gasteiger partial charge is 0.506 e.